The van der Waals surface area contributed by atoms with Crippen LogP contribution >= 0.6 is 34.9 Å². The highest BCUT2D eigenvalue weighted by molar-refractivity contribution is 7.00. The monoisotopic (exact) mass is 317 g/mol. The average molecular weight is 318 g/mol. The Labute approximate surface area is 125 Å². The fourth-order valence-corrected chi connectivity index (χ4v) is 2.67. The van der Waals surface area contributed by atoms with Crippen LogP contribution in [-0.2, 0) is 0 Å². The zero-order valence-corrected chi connectivity index (χ0v) is 13.0. The lowest BCUT2D eigenvalue weighted by molar-refractivity contribution is 0.583. The smallest absolute Gasteiger partial charge is 0.193 e. The summed E-state index contributed by atoms with van der Waals surface area (Å²) in [4.78, 5) is 4.31. The molecule has 0 aliphatic carbocycles. The molecule has 0 aliphatic heterocycles. The Kier molecular flexibility index (Phi) is 3.85. The molecule has 1 aromatic carbocycles. The maximum Gasteiger partial charge on any atom is 0.193 e. The van der Waals surface area contributed by atoms with Crippen molar-refractivity contribution in [1.29, 1.82) is 0 Å². The van der Waals surface area contributed by atoms with Crippen molar-refractivity contribution in [1.82, 2.24) is 8.75 Å². The number of aliphatic imine (C=N–C) groups is 1. The van der Waals surface area contributed by atoms with Crippen LogP contribution in [0.15, 0.2) is 11.1 Å². The first-order valence-electron chi connectivity index (χ1n) is 5.50. The summed E-state index contributed by atoms with van der Waals surface area (Å²) in [6, 6.07) is 1.61. The second-order valence-corrected chi connectivity index (χ2v) is 6.31. The highest BCUT2D eigenvalue weighted by Crippen LogP contribution is 2.35. The summed E-state index contributed by atoms with van der Waals surface area (Å²) in [6.07, 6.45) is 0. The average Bonchev–Trinajstić information content (AvgIpc) is 2.70. The van der Waals surface area contributed by atoms with Crippen molar-refractivity contribution >= 4 is 57.6 Å². The lowest BCUT2D eigenvalue weighted by Crippen LogP contribution is -2.27. The number of hydrogen-bond donors (Lipinski definition) is 2. The minimum atomic E-state index is -0.282. The van der Waals surface area contributed by atoms with E-state index in [4.69, 9.17) is 28.9 Å². The van der Waals surface area contributed by atoms with Gasteiger partial charge in [-0.05, 0) is 26.8 Å². The van der Waals surface area contributed by atoms with E-state index in [1.165, 1.54) is 0 Å². The Hall–Kier alpha value is -1.11. The number of guanidine groups is 1. The Morgan fingerprint density at radius 1 is 1.26 bits per heavy atom. The second-order valence-electron chi connectivity index (χ2n) is 4.97. The molecule has 0 unspecified atom stereocenters. The van der Waals surface area contributed by atoms with E-state index in [0.29, 0.717) is 26.8 Å². The van der Waals surface area contributed by atoms with Crippen LogP contribution in [0.25, 0.3) is 11.0 Å². The van der Waals surface area contributed by atoms with Crippen LogP contribution in [-0.4, -0.2) is 20.2 Å². The molecule has 0 saturated carbocycles. The summed E-state index contributed by atoms with van der Waals surface area (Å²) < 4.78 is 8.30. The van der Waals surface area contributed by atoms with E-state index in [0.717, 1.165) is 11.7 Å². The van der Waals surface area contributed by atoms with Crippen molar-refractivity contribution in [3.63, 3.8) is 0 Å². The van der Waals surface area contributed by atoms with Crippen molar-refractivity contribution in [3.8, 4) is 0 Å². The molecular weight excluding hydrogens is 305 g/mol. The quantitative estimate of drug-likeness (QED) is 0.623. The fraction of sp³-hybridized carbons (Fsp3) is 0.364. The highest BCUT2D eigenvalue weighted by atomic mass is 35.5. The maximum atomic E-state index is 6.16. The zero-order valence-electron chi connectivity index (χ0n) is 10.7. The normalized spacial score (nSPS) is 13.0. The molecule has 1 heterocycles. The molecule has 3 N–H and O–H groups in total. The standard InChI is InChI=1S/C11H13Cl2N5S/c1-11(2,3)16-10(14)15-7-5(12)4-6(13)8-9(7)18-19-17-8/h4H,1-3H3,(H3,14,15,16). The molecule has 2 aromatic rings. The molecule has 1 aromatic heterocycles. The molecule has 0 atom stereocenters. The van der Waals surface area contributed by atoms with Crippen molar-refractivity contribution in [3.05, 3.63) is 16.1 Å². The fourth-order valence-electron chi connectivity index (χ4n) is 1.51. The minimum absolute atomic E-state index is 0.269. The van der Waals surface area contributed by atoms with E-state index in [1.54, 1.807) is 6.07 Å². The van der Waals surface area contributed by atoms with Crippen LogP contribution in [0.5, 0.6) is 0 Å². The zero-order chi connectivity index (χ0) is 14.2. The topological polar surface area (TPSA) is 76.2 Å². The van der Waals surface area contributed by atoms with Gasteiger partial charge in [-0.1, -0.05) is 23.2 Å². The van der Waals surface area contributed by atoms with Crippen molar-refractivity contribution < 1.29 is 0 Å². The molecule has 19 heavy (non-hydrogen) atoms. The molecule has 5 nitrogen and oxygen atoms in total. The molecular formula is C11H13Cl2N5S. The molecule has 0 amide bonds. The summed E-state index contributed by atoms with van der Waals surface area (Å²) in [5.41, 5.74) is 7.34. The van der Waals surface area contributed by atoms with E-state index in [-0.39, 0.29) is 11.5 Å². The largest absolute Gasteiger partial charge is 0.370 e. The number of aromatic nitrogens is 2. The van der Waals surface area contributed by atoms with Gasteiger partial charge in [0, 0.05) is 0 Å². The lowest BCUT2D eigenvalue weighted by atomic mass is 10.1. The number of halogens is 2. The van der Waals surface area contributed by atoms with E-state index in [1.807, 2.05) is 20.8 Å². The van der Waals surface area contributed by atoms with Gasteiger partial charge in [0.05, 0.1) is 33.0 Å². The van der Waals surface area contributed by atoms with Crippen LogP contribution in [0.1, 0.15) is 20.8 Å². The van der Waals surface area contributed by atoms with Gasteiger partial charge in [-0.3, -0.25) is 0 Å². The first-order valence-corrected chi connectivity index (χ1v) is 6.99. The molecule has 0 aliphatic rings. The van der Waals surface area contributed by atoms with Crippen molar-refractivity contribution in [2.45, 2.75) is 26.3 Å². The summed E-state index contributed by atoms with van der Waals surface area (Å²) in [5.74, 6) is 0.269. The first kappa shape index (κ1) is 14.3. The molecule has 8 heteroatoms. The van der Waals surface area contributed by atoms with Gasteiger partial charge in [0.2, 0.25) is 0 Å². The number of benzene rings is 1. The maximum absolute atomic E-state index is 6.16. The highest BCUT2D eigenvalue weighted by Gasteiger charge is 2.15. The summed E-state index contributed by atoms with van der Waals surface area (Å²) in [5, 5.41) is 3.86. The van der Waals surface area contributed by atoms with E-state index >= 15 is 0 Å². The van der Waals surface area contributed by atoms with Crippen molar-refractivity contribution in [2.24, 2.45) is 10.7 Å². The Morgan fingerprint density at radius 2 is 1.89 bits per heavy atom. The minimum Gasteiger partial charge on any atom is -0.370 e. The third kappa shape index (κ3) is 3.26. The van der Waals surface area contributed by atoms with Gasteiger partial charge in [0.25, 0.3) is 0 Å². The second kappa shape index (κ2) is 5.11. The molecule has 102 valence electrons. The Morgan fingerprint density at radius 3 is 2.53 bits per heavy atom. The van der Waals surface area contributed by atoms with E-state index in [9.17, 15) is 0 Å². The van der Waals surface area contributed by atoms with E-state index < -0.39 is 0 Å². The van der Waals surface area contributed by atoms with Crippen LogP contribution in [0.4, 0.5) is 5.69 Å². The molecule has 0 fully saturated rings. The molecule has 0 bridgehead atoms. The van der Waals surface area contributed by atoms with Gasteiger partial charge in [-0.2, -0.15) is 8.75 Å². The lowest BCUT2D eigenvalue weighted by Gasteiger charge is -2.15. The van der Waals surface area contributed by atoms with Crippen LogP contribution in [0, 0.1) is 0 Å². The first-order chi connectivity index (χ1) is 8.78. The third-order valence-corrected chi connectivity index (χ3v) is 3.27. The number of hydrogen-bond acceptors (Lipinski definition) is 4. The number of nitrogens with zero attached hydrogens (tertiary/aromatic N) is 3. The molecule has 0 spiro atoms. The Balaban J connectivity index is 2.46. The van der Waals surface area contributed by atoms with Crippen LogP contribution < -0.4 is 11.1 Å². The number of nitrogens with one attached hydrogen (secondary N) is 1. The van der Waals surface area contributed by atoms with Gasteiger partial charge in [-0.25, -0.2) is 4.99 Å². The summed E-state index contributed by atoms with van der Waals surface area (Å²) >= 11 is 13.3. The number of nitrogens with two attached hydrogens (primary N) is 1. The number of anilines is 1. The van der Waals surface area contributed by atoms with Gasteiger partial charge < -0.3 is 11.1 Å². The summed E-state index contributed by atoms with van der Waals surface area (Å²) in [7, 11) is 0. The van der Waals surface area contributed by atoms with Crippen molar-refractivity contribution in [2.75, 3.05) is 5.32 Å². The predicted molar refractivity (Wildman–Crippen MR) is 82.4 cm³/mol. The molecule has 0 radical (unpaired) electrons. The van der Waals surface area contributed by atoms with Gasteiger partial charge in [-0.15, -0.1) is 0 Å². The van der Waals surface area contributed by atoms with Gasteiger partial charge >= 0.3 is 0 Å². The molecule has 0 saturated heterocycles. The number of fused-ring (bicyclic) bond motifs is 1. The molecule has 2 rings (SSSR count). The van der Waals surface area contributed by atoms with Crippen LogP contribution in [0.3, 0.4) is 0 Å². The SMILES string of the molecule is CC(C)(C)N=C(N)Nc1c(Cl)cc(Cl)c2nsnc12. The Bertz CT molecular complexity index is 644. The summed E-state index contributed by atoms with van der Waals surface area (Å²) in [6.45, 7) is 5.85. The number of rotatable bonds is 1. The van der Waals surface area contributed by atoms with Gasteiger partial charge in [0.1, 0.15) is 11.0 Å². The van der Waals surface area contributed by atoms with E-state index in [2.05, 4.69) is 19.1 Å². The van der Waals surface area contributed by atoms with Crippen LogP contribution in [0.2, 0.25) is 10.0 Å². The van der Waals surface area contributed by atoms with Gasteiger partial charge in [0.15, 0.2) is 5.96 Å². The third-order valence-electron chi connectivity index (χ3n) is 2.15. The predicted octanol–water partition coefficient (Wildman–Crippen LogP) is 3.52.